The van der Waals surface area contributed by atoms with Crippen molar-refractivity contribution in [1.29, 1.82) is 0 Å². The second-order valence-corrected chi connectivity index (χ2v) is 3.26. The third-order valence-electron chi connectivity index (χ3n) is 1.80. The highest BCUT2D eigenvalue weighted by atomic mass is 19.4. The lowest BCUT2D eigenvalue weighted by Crippen LogP contribution is -2.21. The zero-order valence-electron chi connectivity index (χ0n) is 9.83. The minimum atomic E-state index is -5.08. The number of alkyl halides is 3. The van der Waals surface area contributed by atoms with E-state index in [-0.39, 0.29) is 6.54 Å². The highest BCUT2D eigenvalue weighted by molar-refractivity contribution is 5.73. The Balaban J connectivity index is 0.000000246. The van der Waals surface area contributed by atoms with E-state index < -0.39 is 12.1 Å². The normalized spacial score (nSPS) is 10.6. The molecule has 0 fully saturated rings. The molecule has 0 unspecified atom stereocenters. The van der Waals surface area contributed by atoms with Crippen LogP contribution in [0.4, 0.5) is 13.2 Å². The van der Waals surface area contributed by atoms with Crippen LogP contribution in [0.15, 0.2) is 29.0 Å². The van der Waals surface area contributed by atoms with E-state index in [0.29, 0.717) is 11.7 Å². The first-order chi connectivity index (χ1) is 9.34. The van der Waals surface area contributed by atoms with Gasteiger partial charge in [-0.2, -0.15) is 18.2 Å². The van der Waals surface area contributed by atoms with Crippen LogP contribution in [0.2, 0.25) is 0 Å². The number of carboxylic acid groups (broad SMARTS) is 1. The Labute approximate surface area is 110 Å². The van der Waals surface area contributed by atoms with Crippen molar-refractivity contribution in [2.24, 2.45) is 5.73 Å². The van der Waals surface area contributed by atoms with E-state index in [2.05, 4.69) is 15.1 Å². The monoisotopic (exact) mass is 290 g/mol. The minimum absolute atomic E-state index is 0.257. The molecule has 0 bridgehead atoms. The van der Waals surface area contributed by atoms with E-state index in [4.69, 9.17) is 20.2 Å². The van der Waals surface area contributed by atoms with Gasteiger partial charge in [-0.1, -0.05) is 5.16 Å². The van der Waals surface area contributed by atoms with Crippen LogP contribution < -0.4 is 5.73 Å². The van der Waals surface area contributed by atoms with Gasteiger partial charge in [-0.15, -0.1) is 0 Å². The van der Waals surface area contributed by atoms with Crippen molar-refractivity contribution in [2.75, 3.05) is 0 Å². The quantitative estimate of drug-likeness (QED) is 0.854. The van der Waals surface area contributed by atoms with Gasteiger partial charge in [0.1, 0.15) is 0 Å². The molecule has 0 aliphatic carbocycles. The van der Waals surface area contributed by atoms with Gasteiger partial charge in [0.05, 0.1) is 6.54 Å². The van der Waals surface area contributed by atoms with Gasteiger partial charge in [0.15, 0.2) is 0 Å². The summed E-state index contributed by atoms with van der Waals surface area (Å²) < 4.78 is 36.6. The second-order valence-electron chi connectivity index (χ2n) is 3.26. The summed E-state index contributed by atoms with van der Waals surface area (Å²) in [7, 11) is 0. The van der Waals surface area contributed by atoms with Gasteiger partial charge in [-0.05, 0) is 12.1 Å². The van der Waals surface area contributed by atoms with Crippen LogP contribution in [0.3, 0.4) is 0 Å². The molecule has 2 aromatic rings. The van der Waals surface area contributed by atoms with Gasteiger partial charge < -0.3 is 15.4 Å². The van der Waals surface area contributed by atoms with Crippen molar-refractivity contribution in [1.82, 2.24) is 15.1 Å². The SMILES string of the molecule is NCc1nc(-c2cccnc2)no1.O=C(O)C(F)(F)F. The van der Waals surface area contributed by atoms with Crippen LogP contribution in [-0.2, 0) is 11.3 Å². The molecule has 0 saturated carbocycles. The number of aromatic nitrogens is 3. The van der Waals surface area contributed by atoms with E-state index in [0.717, 1.165) is 5.56 Å². The molecule has 0 saturated heterocycles. The fraction of sp³-hybridized carbons (Fsp3) is 0.200. The second kappa shape index (κ2) is 6.61. The number of nitrogens with two attached hydrogens (primary N) is 1. The van der Waals surface area contributed by atoms with Gasteiger partial charge in [0, 0.05) is 18.0 Å². The van der Waals surface area contributed by atoms with Crippen molar-refractivity contribution in [3.05, 3.63) is 30.4 Å². The Morgan fingerprint density at radius 3 is 2.50 bits per heavy atom. The highest BCUT2D eigenvalue weighted by Crippen LogP contribution is 2.13. The maximum atomic E-state index is 10.6. The van der Waals surface area contributed by atoms with Crippen molar-refractivity contribution in [2.45, 2.75) is 12.7 Å². The van der Waals surface area contributed by atoms with Crippen LogP contribution in [0.5, 0.6) is 0 Å². The van der Waals surface area contributed by atoms with Gasteiger partial charge >= 0.3 is 12.1 Å². The number of nitrogens with zero attached hydrogens (tertiary/aromatic N) is 3. The van der Waals surface area contributed by atoms with Gasteiger partial charge in [0.25, 0.3) is 0 Å². The Kier molecular flexibility index (Phi) is 5.15. The lowest BCUT2D eigenvalue weighted by molar-refractivity contribution is -0.192. The van der Waals surface area contributed by atoms with E-state index in [1.54, 1.807) is 12.4 Å². The summed E-state index contributed by atoms with van der Waals surface area (Å²) in [4.78, 5) is 16.9. The molecule has 0 radical (unpaired) electrons. The van der Waals surface area contributed by atoms with Crippen molar-refractivity contribution >= 4 is 5.97 Å². The first-order valence-electron chi connectivity index (χ1n) is 5.07. The Morgan fingerprint density at radius 2 is 2.10 bits per heavy atom. The van der Waals surface area contributed by atoms with Gasteiger partial charge in [-0.25, -0.2) is 4.79 Å². The maximum Gasteiger partial charge on any atom is 0.490 e. The van der Waals surface area contributed by atoms with Gasteiger partial charge in [0.2, 0.25) is 11.7 Å². The lowest BCUT2D eigenvalue weighted by Gasteiger charge is -1.93. The Hall–Kier alpha value is -2.49. The number of aliphatic carboxylic acids is 1. The van der Waals surface area contributed by atoms with Crippen LogP contribution in [0, 0.1) is 0 Å². The Morgan fingerprint density at radius 1 is 1.45 bits per heavy atom. The largest absolute Gasteiger partial charge is 0.490 e. The first-order valence-corrected chi connectivity index (χ1v) is 5.07. The topological polar surface area (TPSA) is 115 Å². The molecule has 2 rings (SSSR count). The van der Waals surface area contributed by atoms with Crippen molar-refractivity contribution < 1.29 is 27.6 Å². The van der Waals surface area contributed by atoms with E-state index in [1.807, 2.05) is 12.1 Å². The number of hydrogen-bond acceptors (Lipinski definition) is 6. The zero-order chi connectivity index (χ0) is 15.2. The van der Waals surface area contributed by atoms with E-state index >= 15 is 0 Å². The molecule has 3 N–H and O–H groups in total. The molecular weight excluding hydrogens is 281 g/mol. The molecular formula is C10H9F3N4O3. The zero-order valence-corrected chi connectivity index (χ0v) is 9.83. The maximum absolute atomic E-state index is 10.6. The highest BCUT2D eigenvalue weighted by Gasteiger charge is 2.38. The smallest absolute Gasteiger partial charge is 0.475 e. The van der Waals surface area contributed by atoms with Crippen LogP contribution in [0.25, 0.3) is 11.4 Å². The van der Waals surface area contributed by atoms with Crippen molar-refractivity contribution in [3.8, 4) is 11.4 Å². The fourth-order valence-corrected chi connectivity index (χ4v) is 0.950. The minimum Gasteiger partial charge on any atom is -0.475 e. The summed E-state index contributed by atoms with van der Waals surface area (Å²) >= 11 is 0. The van der Waals surface area contributed by atoms with Gasteiger partial charge in [-0.3, -0.25) is 4.98 Å². The summed E-state index contributed by atoms with van der Waals surface area (Å²) in [6, 6.07) is 3.67. The summed E-state index contributed by atoms with van der Waals surface area (Å²) in [5, 5.41) is 10.9. The average molecular weight is 290 g/mol. The molecule has 2 aromatic heterocycles. The number of carboxylic acids is 1. The predicted octanol–water partition coefficient (Wildman–Crippen LogP) is 1.22. The summed E-state index contributed by atoms with van der Waals surface area (Å²) in [6.45, 7) is 0.257. The summed E-state index contributed by atoms with van der Waals surface area (Å²) in [6.07, 6.45) is -1.72. The molecule has 2 heterocycles. The molecule has 0 aliphatic rings. The summed E-state index contributed by atoms with van der Waals surface area (Å²) in [5.41, 5.74) is 6.15. The Bertz CT molecular complexity index is 556. The van der Waals surface area contributed by atoms with E-state index in [1.165, 1.54) is 0 Å². The molecule has 10 heteroatoms. The lowest BCUT2D eigenvalue weighted by atomic mass is 10.3. The molecule has 108 valence electrons. The number of hydrogen-bond donors (Lipinski definition) is 2. The standard InChI is InChI=1S/C8H8N4O.C2HF3O2/c9-4-7-11-8(12-13-7)6-2-1-3-10-5-6;3-2(4,5)1(6)7/h1-3,5H,4,9H2;(H,6,7). The molecule has 0 amide bonds. The molecule has 0 aromatic carbocycles. The fourth-order valence-electron chi connectivity index (χ4n) is 0.950. The summed E-state index contributed by atoms with van der Waals surface area (Å²) in [5.74, 6) is -1.81. The first kappa shape index (κ1) is 15.6. The molecule has 20 heavy (non-hydrogen) atoms. The van der Waals surface area contributed by atoms with Crippen LogP contribution in [0.1, 0.15) is 5.89 Å². The van der Waals surface area contributed by atoms with Crippen molar-refractivity contribution in [3.63, 3.8) is 0 Å². The molecule has 0 atom stereocenters. The number of halogens is 3. The van der Waals surface area contributed by atoms with Crippen LogP contribution in [-0.4, -0.2) is 32.4 Å². The third-order valence-corrected chi connectivity index (χ3v) is 1.80. The van der Waals surface area contributed by atoms with Crippen LogP contribution >= 0.6 is 0 Å². The number of rotatable bonds is 2. The molecule has 0 aliphatic heterocycles. The predicted molar refractivity (Wildman–Crippen MR) is 59.1 cm³/mol. The molecule has 0 spiro atoms. The molecule has 7 nitrogen and oxygen atoms in total. The number of pyridine rings is 1. The number of carbonyl (C=O) groups is 1. The third kappa shape index (κ3) is 4.65. The average Bonchev–Trinajstić information content (AvgIpc) is 2.88. The van der Waals surface area contributed by atoms with E-state index in [9.17, 15) is 13.2 Å².